The Hall–Kier alpha value is -9.70. The minimum atomic E-state index is -0.477. The van der Waals surface area contributed by atoms with Crippen LogP contribution in [-0.4, -0.2) is 4.57 Å². The van der Waals surface area contributed by atoms with E-state index >= 15 is 0 Å². The second-order valence-electron chi connectivity index (χ2n) is 19.9. The molecule has 0 fully saturated rings. The summed E-state index contributed by atoms with van der Waals surface area (Å²) < 4.78 is 9.32. The molecule has 3 heteroatoms. The molecule has 2 aliphatic carbocycles. The third-order valence-corrected chi connectivity index (χ3v) is 16.2. The standard InChI is InChI=1S/C71H44N2O/c1-2-21-53-46(16-1)36-40-62-61-28-15-27-54(70(61)74-69(53)62)48-18-14-19-50(43-48)72(49-37-34-45(35-38-49)47-17-13-20-51(42-47)73-67-32-11-6-25-59(67)60-26-7-12-33-68(60)73)52-39-41-58-57-24-5-10-31-65(57)71(66(58)44-52)63-29-8-3-22-55(63)56-23-4-9-30-64(56)71/h1-44H. The molecule has 344 valence electrons. The Morgan fingerprint density at radius 3 is 1.54 bits per heavy atom. The predicted molar refractivity (Wildman–Crippen MR) is 307 cm³/mol. The fourth-order valence-electron chi connectivity index (χ4n) is 13.1. The number of anilines is 3. The molecule has 3 nitrogen and oxygen atoms in total. The molecule has 2 aliphatic rings. The third kappa shape index (κ3) is 5.72. The molecule has 2 aromatic heterocycles. The summed E-state index contributed by atoms with van der Waals surface area (Å²) in [5.74, 6) is 0. The van der Waals surface area contributed by atoms with Crippen LogP contribution >= 0.6 is 0 Å². The van der Waals surface area contributed by atoms with Gasteiger partial charge in [-0.1, -0.05) is 200 Å². The quantitative estimate of drug-likeness (QED) is 0.166. The maximum atomic E-state index is 6.93. The molecule has 0 saturated carbocycles. The molecule has 0 bridgehead atoms. The Kier molecular flexibility index (Phi) is 8.66. The average Bonchev–Trinajstić information content (AvgIpc) is 4.20. The first-order chi connectivity index (χ1) is 36.7. The smallest absolute Gasteiger partial charge is 0.143 e. The highest BCUT2D eigenvalue weighted by Gasteiger charge is 2.51. The van der Waals surface area contributed by atoms with Crippen molar-refractivity contribution in [1.82, 2.24) is 4.57 Å². The van der Waals surface area contributed by atoms with Crippen LogP contribution in [0, 0.1) is 0 Å². The monoisotopic (exact) mass is 940 g/mol. The summed E-state index contributed by atoms with van der Waals surface area (Å²) in [7, 11) is 0. The van der Waals surface area contributed by atoms with Crippen molar-refractivity contribution in [3.05, 3.63) is 289 Å². The highest BCUT2D eigenvalue weighted by molar-refractivity contribution is 6.17. The zero-order chi connectivity index (χ0) is 48.5. The fraction of sp³-hybridized carbons (Fsp3) is 0.0141. The maximum absolute atomic E-state index is 6.93. The van der Waals surface area contributed by atoms with E-state index < -0.39 is 5.41 Å². The Morgan fingerprint density at radius 1 is 0.297 bits per heavy atom. The van der Waals surface area contributed by atoms with E-state index in [4.69, 9.17) is 4.42 Å². The van der Waals surface area contributed by atoms with Gasteiger partial charge in [0.2, 0.25) is 0 Å². The van der Waals surface area contributed by atoms with Gasteiger partial charge in [-0.15, -0.1) is 0 Å². The van der Waals surface area contributed by atoms with E-state index in [1.54, 1.807) is 0 Å². The number of para-hydroxylation sites is 3. The molecule has 12 aromatic carbocycles. The van der Waals surface area contributed by atoms with Crippen LogP contribution in [-0.2, 0) is 5.41 Å². The first-order valence-corrected chi connectivity index (χ1v) is 25.6. The summed E-state index contributed by atoms with van der Waals surface area (Å²) in [4.78, 5) is 2.44. The number of nitrogens with zero attached hydrogens (tertiary/aromatic N) is 2. The molecule has 0 N–H and O–H groups in total. The molecule has 0 aliphatic heterocycles. The van der Waals surface area contributed by atoms with Gasteiger partial charge in [0, 0.05) is 55.2 Å². The summed E-state index contributed by atoms with van der Waals surface area (Å²) in [6.45, 7) is 0. The number of hydrogen-bond donors (Lipinski definition) is 0. The van der Waals surface area contributed by atoms with Gasteiger partial charge in [-0.3, -0.25) is 0 Å². The molecule has 74 heavy (non-hydrogen) atoms. The molecule has 14 aromatic rings. The minimum absolute atomic E-state index is 0.477. The molecule has 0 radical (unpaired) electrons. The zero-order valence-electron chi connectivity index (χ0n) is 40.2. The highest BCUT2D eigenvalue weighted by Crippen LogP contribution is 2.63. The van der Waals surface area contributed by atoms with Gasteiger partial charge >= 0.3 is 0 Å². The number of benzene rings is 12. The van der Waals surface area contributed by atoms with Crippen LogP contribution in [0.15, 0.2) is 271 Å². The second kappa shape index (κ2) is 15.6. The van der Waals surface area contributed by atoms with Crippen LogP contribution in [0.3, 0.4) is 0 Å². The highest BCUT2D eigenvalue weighted by atomic mass is 16.3. The molecule has 0 atom stereocenters. The van der Waals surface area contributed by atoms with E-state index in [-0.39, 0.29) is 0 Å². The Balaban J connectivity index is 0.878. The lowest BCUT2D eigenvalue weighted by Crippen LogP contribution is -2.26. The van der Waals surface area contributed by atoms with Crippen LogP contribution in [0.25, 0.3) is 105 Å². The van der Waals surface area contributed by atoms with Gasteiger partial charge in [0.25, 0.3) is 0 Å². The van der Waals surface area contributed by atoms with Gasteiger partial charge in [0.15, 0.2) is 0 Å². The summed E-state index contributed by atoms with van der Waals surface area (Å²) in [6, 6.07) is 98.3. The van der Waals surface area contributed by atoms with Crippen LogP contribution in [0.5, 0.6) is 0 Å². The summed E-state index contributed by atoms with van der Waals surface area (Å²) in [6.07, 6.45) is 0. The molecular weight excluding hydrogens is 897 g/mol. The normalized spacial score (nSPS) is 13.0. The first-order valence-electron chi connectivity index (χ1n) is 25.6. The fourth-order valence-corrected chi connectivity index (χ4v) is 13.1. The number of furan rings is 1. The van der Waals surface area contributed by atoms with Crippen LogP contribution in [0.4, 0.5) is 17.1 Å². The number of rotatable bonds is 6. The van der Waals surface area contributed by atoms with Gasteiger partial charge in [0.1, 0.15) is 11.2 Å². The molecule has 0 unspecified atom stereocenters. The molecule has 0 saturated heterocycles. The lowest BCUT2D eigenvalue weighted by molar-refractivity contribution is 0.674. The zero-order valence-corrected chi connectivity index (χ0v) is 40.2. The molecule has 1 spiro atoms. The third-order valence-electron chi connectivity index (χ3n) is 16.2. The molecule has 16 rings (SSSR count). The van der Waals surface area contributed by atoms with E-state index in [2.05, 4.69) is 276 Å². The first kappa shape index (κ1) is 41.0. The van der Waals surface area contributed by atoms with E-state index in [0.717, 1.165) is 72.3 Å². The van der Waals surface area contributed by atoms with Crippen molar-refractivity contribution in [1.29, 1.82) is 0 Å². The lowest BCUT2D eigenvalue weighted by Gasteiger charge is -2.32. The van der Waals surface area contributed by atoms with Gasteiger partial charge in [-0.05, 0) is 133 Å². The van der Waals surface area contributed by atoms with Crippen LogP contribution in [0.1, 0.15) is 22.3 Å². The Labute approximate surface area is 428 Å². The van der Waals surface area contributed by atoms with E-state index in [0.29, 0.717) is 0 Å². The van der Waals surface area contributed by atoms with Gasteiger partial charge in [-0.2, -0.15) is 0 Å². The van der Waals surface area contributed by atoms with Gasteiger partial charge in [0.05, 0.1) is 16.4 Å². The van der Waals surface area contributed by atoms with Crippen molar-refractivity contribution in [2.75, 3.05) is 4.90 Å². The summed E-state index contributed by atoms with van der Waals surface area (Å²) >= 11 is 0. The van der Waals surface area contributed by atoms with Crippen molar-refractivity contribution in [2.24, 2.45) is 0 Å². The topological polar surface area (TPSA) is 21.3 Å². The van der Waals surface area contributed by atoms with Crippen molar-refractivity contribution in [3.8, 4) is 50.2 Å². The second-order valence-corrected chi connectivity index (χ2v) is 19.9. The number of aromatic nitrogens is 1. The average molecular weight is 941 g/mol. The largest absolute Gasteiger partial charge is 0.455 e. The van der Waals surface area contributed by atoms with Crippen molar-refractivity contribution in [2.45, 2.75) is 5.41 Å². The van der Waals surface area contributed by atoms with Crippen molar-refractivity contribution in [3.63, 3.8) is 0 Å². The Bertz CT molecular complexity index is 4510. The Morgan fingerprint density at radius 2 is 0.824 bits per heavy atom. The molecule has 2 heterocycles. The number of hydrogen-bond acceptors (Lipinski definition) is 2. The minimum Gasteiger partial charge on any atom is -0.455 e. The molecule has 0 amide bonds. The van der Waals surface area contributed by atoms with E-state index in [1.165, 1.54) is 71.7 Å². The van der Waals surface area contributed by atoms with Crippen LogP contribution < -0.4 is 4.90 Å². The van der Waals surface area contributed by atoms with Crippen molar-refractivity contribution >= 4 is 71.6 Å². The van der Waals surface area contributed by atoms with Gasteiger partial charge < -0.3 is 13.9 Å². The number of fused-ring (bicyclic) bond motifs is 18. The van der Waals surface area contributed by atoms with Crippen molar-refractivity contribution < 1.29 is 4.42 Å². The van der Waals surface area contributed by atoms with E-state index in [9.17, 15) is 0 Å². The van der Waals surface area contributed by atoms with Crippen LogP contribution in [0.2, 0.25) is 0 Å². The van der Waals surface area contributed by atoms with E-state index in [1.807, 2.05) is 0 Å². The molecular formula is C71H44N2O. The predicted octanol–water partition coefficient (Wildman–Crippen LogP) is 19.0. The summed E-state index contributed by atoms with van der Waals surface area (Å²) in [5.41, 5.74) is 23.0. The SMILES string of the molecule is c1cc(-c2cccc3c2oc2c4ccccc4ccc32)cc(N(c2ccc(-c3cccc(-n4c5ccccc5c5ccccc54)c3)cc2)c2ccc3c(c2)C2(c4ccccc4-c4ccccc42)c2ccccc2-3)c1. The van der Waals surface area contributed by atoms with Gasteiger partial charge in [-0.25, -0.2) is 0 Å². The maximum Gasteiger partial charge on any atom is 0.143 e. The lowest BCUT2D eigenvalue weighted by atomic mass is 9.70. The summed E-state index contributed by atoms with van der Waals surface area (Å²) in [5, 5.41) is 7.05.